The van der Waals surface area contributed by atoms with E-state index in [0.29, 0.717) is 0 Å². The Hall–Kier alpha value is -0.970. The molecule has 0 aliphatic carbocycles. The number of carbonyl (C=O) groups is 2. The first kappa shape index (κ1) is 8.13. The molecule has 0 bridgehead atoms. The Balaban J connectivity index is 2.93. The molecule has 1 unspecified atom stereocenters. The van der Waals surface area contributed by atoms with Gasteiger partial charge < -0.3 is 5.11 Å². The maximum absolute atomic E-state index is 10.6. The van der Waals surface area contributed by atoms with E-state index in [0.717, 1.165) is 0 Å². The van der Waals surface area contributed by atoms with Crippen LogP contribution < -0.4 is 0 Å². The topological polar surface area (TPSA) is 66.7 Å². The summed E-state index contributed by atoms with van der Waals surface area (Å²) in [6.45, 7) is 0. The maximum atomic E-state index is 10.6. The number of amides is 1. The number of hydrogen-bond donors (Lipinski definition) is 1. The molecule has 0 fully saturated rings. The Morgan fingerprint density at radius 1 is 1.73 bits per heavy atom. The smallest absolute Gasteiger partial charge is 0.351 e. The zero-order valence-electron chi connectivity index (χ0n) is 5.32. The molecule has 4 nitrogen and oxygen atoms in total. The largest absolute Gasteiger partial charge is 0.477 e. The third-order valence-electron chi connectivity index (χ3n) is 1.12. The number of hydrogen-bond acceptors (Lipinski definition) is 2. The van der Waals surface area contributed by atoms with Crippen molar-refractivity contribution in [2.45, 2.75) is 4.83 Å². The van der Waals surface area contributed by atoms with Gasteiger partial charge in [-0.1, -0.05) is 22.0 Å². The highest BCUT2D eigenvalue weighted by Crippen LogP contribution is 2.09. The van der Waals surface area contributed by atoms with Gasteiger partial charge in [-0.3, -0.25) is 4.79 Å². The van der Waals surface area contributed by atoms with Crippen LogP contribution in [0.5, 0.6) is 0 Å². The Labute approximate surface area is 70.7 Å². The first-order valence-corrected chi connectivity index (χ1v) is 3.71. The van der Waals surface area contributed by atoms with Crippen molar-refractivity contribution in [3.05, 3.63) is 12.2 Å². The molecule has 0 aromatic carbocycles. The molecule has 1 amide bonds. The molecule has 1 aliphatic heterocycles. The lowest BCUT2D eigenvalue weighted by Crippen LogP contribution is -2.26. The molecular formula is C6H4BrNO3. The SMILES string of the molecule is O=C1C=CC(Br)C(C(=O)O)=N1. The number of allylic oxidation sites excluding steroid dienone is 1. The second kappa shape index (κ2) is 2.96. The van der Waals surface area contributed by atoms with E-state index in [1.807, 2.05) is 0 Å². The van der Waals surface area contributed by atoms with Crippen LogP contribution in [0.1, 0.15) is 0 Å². The van der Waals surface area contributed by atoms with E-state index in [1.54, 1.807) is 0 Å². The van der Waals surface area contributed by atoms with Gasteiger partial charge >= 0.3 is 5.97 Å². The molecule has 1 N–H and O–H groups in total. The fourth-order valence-corrected chi connectivity index (χ4v) is 1.09. The number of dihydropyridines is 1. The maximum Gasteiger partial charge on any atom is 0.351 e. The van der Waals surface area contributed by atoms with E-state index in [2.05, 4.69) is 20.9 Å². The van der Waals surface area contributed by atoms with Crippen LogP contribution in [0.15, 0.2) is 17.1 Å². The fraction of sp³-hybridized carbons (Fsp3) is 0.167. The molecule has 0 radical (unpaired) electrons. The lowest BCUT2D eigenvalue weighted by atomic mass is 10.2. The fourth-order valence-electron chi connectivity index (χ4n) is 0.641. The molecular weight excluding hydrogens is 214 g/mol. The van der Waals surface area contributed by atoms with Crippen LogP contribution in [0.4, 0.5) is 0 Å². The Morgan fingerprint density at radius 3 is 2.82 bits per heavy atom. The summed E-state index contributed by atoms with van der Waals surface area (Å²) in [6, 6.07) is 0. The molecule has 1 aliphatic rings. The summed E-state index contributed by atoms with van der Waals surface area (Å²) in [5.74, 6) is -1.71. The van der Waals surface area contributed by atoms with Gasteiger partial charge in [0.2, 0.25) is 0 Å². The lowest BCUT2D eigenvalue weighted by molar-refractivity contribution is -0.129. The number of aliphatic carboxylic acids is 1. The average molecular weight is 218 g/mol. The van der Waals surface area contributed by atoms with Gasteiger partial charge in [0.1, 0.15) is 5.71 Å². The predicted molar refractivity (Wildman–Crippen MR) is 41.9 cm³/mol. The summed E-state index contributed by atoms with van der Waals surface area (Å²) in [4.78, 5) is 23.8. The van der Waals surface area contributed by atoms with Crippen LogP contribution in [0.25, 0.3) is 0 Å². The number of rotatable bonds is 1. The number of alkyl halides is 1. The van der Waals surface area contributed by atoms with E-state index < -0.39 is 16.7 Å². The molecule has 5 heteroatoms. The highest BCUT2D eigenvalue weighted by atomic mass is 79.9. The van der Waals surface area contributed by atoms with Gasteiger partial charge in [0, 0.05) is 6.08 Å². The molecule has 0 aromatic rings. The molecule has 0 spiro atoms. The van der Waals surface area contributed by atoms with Crippen LogP contribution in [-0.4, -0.2) is 27.5 Å². The van der Waals surface area contributed by atoms with Gasteiger partial charge in [-0.05, 0) is 0 Å². The zero-order valence-corrected chi connectivity index (χ0v) is 6.91. The third-order valence-corrected chi connectivity index (χ3v) is 1.86. The third kappa shape index (κ3) is 1.74. The van der Waals surface area contributed by atoms with Gasteiger partial charge in [-0.2, -0.15) is 0 Å². The Bertz CT molecular complexity index is 269. The highest BCUT2D eigenvalue weighted by Gasteiger charge is 2.21. The van der Waals surface area contributed by atoms with Gasteiger partial charge in [-0.15, -0.1) is 0 Å². The van der Waals surface area contributed by atoms with Crippen LogP contribution in [-0.2, 0) is 9.59 Å². The molecule has 11 heavy (non-hydrogen) atoms. The summed E-state index contributed by atoms with van der Waals surface area (Å²) < 4.78 is 0. The minimum absolute atomic E-state index is 0.169. The molecule has 1 atom stereocenters. The first-order chi connectivity index (χ1) is 5.11. The summed E-state index contributed by atoms with van der Waals surface area (Å²) in [7, 11) is 0. The minimum Gasteiger partial charge on any atom is -0.477 e. The van der Waals surface area contributed by atoms with Crippen molar-refractivity contribution in [2.75, 3.05) is 0 Å². The highest BCUT2D eigenvalue weighted by molar-refractivity contribution is 9.10. The van der Waals surface area contributed by atoms with Crippen molar-refractivity contribution in [3.8, 4) is 0 Å². The summed E-state index contributed by atoms with van der Waals surface area (Å²) in [6.07, 6.45) is 2.67. The molecule has 0 saturated carbocycles. The van der Waals surface area contributed by atoms with Gasteiger partial charge in [0.15, 0.2) is 0 Å². The van der Waals surface area contributed by atoms with Crippen LogP contribution in [0, 0.1) is 0 Å². The molecule has 1 rings (SSSR count). The van der Waals surface area contributed by atoms with Gasteiger partial charge in [0.05, 0.1) is 4.83 Å². The van der Waals surface area contributed by atoms with Gasteiger partial charge in [-0.25, -0.2) is 9.79 Å². The summed E-state index contributed by atoms with van der Waals surface area (Å²) in [5.41, 5.74) is -0.169. The zero-order chi connectivity index (χ0) is 8.43. The number of carboxylic acids is 1. The van der Waals surface area contributed by atoms with Crippen molar-refractivity contribution in [2.24, 2.45) is 4.99 Å². The molecule has 58 valence electrons. The van der Waals surface area contributed by atoms with Crippen molar-refractivity contribution >= 4 is 33.5 Å². The van der Waals surface area contributed by atoms with Crippen LogP contribution in [0.3, 0.4) is 0 Å². The lowest BCUT2D eigenvalue weighted by Gasteiger charge is -2.06. The number of carbonyl (C=O) groups excluding carboxylic acids is 1. The summed E-state index contributed by atoms with van der Waals surface area (Å²) in [5, 5.41) is 8.48. The summed E-state index contributed by atoms with van der Waals surface area (Å²) >= 11 is 3.03. The van der Waals surface area contributed by atoms with Gasteiger partial charge in [0.25, 0.3) is 5.91 Å². The van der Waals surface area contributed by atoms with Crippen molar-refractivity contribution in [1.29, 1.82) is 0 Å². The second-order valence-electron chi connectivity index (χ2n) is 1.90. The van der Waals surface area contributed by atoms with Crippen molar-refractivity contribution in [3.63, 3.8) is 0 Å². The van der Waals surface area contributed by atoms with Crippen LogP contribution in [0.2, 0.25) is 0 Å². The second-order valence-corrected chi connectivity index (χ2v) is 2.89. The quantitative estimate of drug-likeness (QED) is 0.646. The Kier molecular flexibility index (Phi) is 2.19. The molecule has 0 saturated heterocycles. The van der Waals surface area contributed by atoms with E-state index in [1.165, 1.54) is 12.2 Å². The monoisotopic (exact) mass is 217 g/mol. The number of aliphatic imine (C=N–C) groups is 1. The minimum atomic E-state index is -1.18. The predicted octanol–water partition coefficient (Wildman–Crippen LogP) is 0.372. The van der Waals surface area contributed by atoms with E-state index in [4.69, 9.17) is 5.11 Å². The van der Waals surface area contributed by atoms with Crippen molar-refractivity contribution < 1.29 is 14.7 Å². The number of carboxylic acid groups (broad SMARTS) is 1. The number of nitrogens with zero attached hydrogens (tertiary/aromatic N) is 1. The normalized spacial score (nSPS) is 23.2. The van der Waals surface area contributed by atoms with E-state index in [9.17, 15) is 9.59 Å². The number of halogens is 1. The van der Waals surface area contributed by atoms with Crippen molar-refractivity contribution in [1.82, 2.24) is 0 Å². The average Bonchev–Trinajstić information content (AvgIpc) is 1.94. The molecule has 0 aromatic heterocycles. The standard InChI is InChI=1S/C6H4BrNO3/c7-3-1-2-4(9)8-5(3)6(10)11/h1-3H,(H,10,11). The van der Waals surface area contributed by atoms with Crippen LogP contribution >= 0.6 is 15.9 Å². The van der Waals surface area contributed by atoms with E-state index >= 15 is 0 Å². The first-order valence-electron chi connectivity index (χ1n) is 2.79. The Morgan fingerprint density at radius 2 is 2.36 bits per heavy atom. The molecule has 1 heterocycles. The van der Waals surface area contributed by atoms with E-state index in [-0.39, 0.29) is 5.71 Å².